The monoisotopic (exact) mass is 345 g/mol. The molecule has 0 spiro atoms. The van der Waals surface area contributed by atoms with Gasteiger partial charge < -0.3 is 9.84 Å². The van der Waals surface area contributed by atoms with Gasteiger partial charge in [0.1, 0.15) is 0 Å². The van der Waals surface area contributed by atoms with Crippen molar-refractivity contribution in [2.24, 2.45) is 5.92 Å². The molecule has 2 fully saturated rings. The lowest BCUT2D eigenvalue weighted by Gasteiger charge is -2.42. The molecule has 25 heavy (non-hydrogen) atoms. The van der Waals surface area contributed by atoms with E-state index < -0.39 is 5.79 Å². The zero-order valence-corrected chi connectivity index (χ0v) is 14.1. The zero-order chi connectivity index (χ0) is 17.3. The number of likely N-dealkylation sites (tertiary alicyclic amines) is 1. The summed E-state index contributed by atoms with van der Waals surface area (Å²) in [4.78, 5) is 14.4. The van der Waals surface area contributed by atoms with Gasteiger partial charge in [-0.2, -0.15) is 5.10 Å². The summed E-state index contributed by atoms with van der Waals surface area (Å²) >= 11 is 0. The normalized spacial score (nSPS) is 25.0. The van der Waals surface area contributed by atoms with Gasteiger partial charge in [-0.05, 0) is 44.0 Å². The molecule has 134 valence electrons. The van der Waals surface area contributed by atoms with Gasteiger partial charge in [-0.1, -0.05) is 0 Å². The summed E-state index contributed by atoms with van der Waals surface area (Å²) in [5, 5.41) is 18.7. The third-order valence-electron chi connectivity index (χ3n) is 5.06. The van der Waals surface area contributed by atoms with Crippen LogP contribution in [0.3, 0.4) is 0 Å². The molecule has 0 aliphatic carbocycles. The Kier molecular flexibility index (Phi) is 4.41. The topological polar surface area (TPSA) is 85.4 Å². The fourth-order valence-corrected chi connectivity index (χ4v) is 3.48. The van der Waals surface area contributed by atoms with Crippen LogP contribution in [-0.2, 0) is 11.3 Å². The van der Waals surface area contributed by atoms with E-state index in [0.29, 0.717) is 37.9 Å². The van der Waals surface area contributed by atoms with Crippen molar-refractivity contribution in [1.29, 1.82) is 0 Å². The molecule has 0 aromatic carbocycles. The number of nitrogens with zero attached hydrogens (tertiary/aromatic N) is 5. The van der Waals surface area contributed by atoms with Gasteiger partial charge in [0.15, 0.2) is 11.6 Å². The largest absolute Gasteiger partial charge is 0.364 e. The fourth-order valence-electron chi connectivity index (χ4n) is 3.48. The highest BCUT2D eigenvalue weighted by Gasteiger charge is 2.38. The first-order chi connectivity index (χ1) is 12.1. The van der Waals surface area contributed by atoms with Crippen molar-refractivity contribution in [2.45, 2.75) is 31.6 Å². The Labute approximate surface area is 145 Å². The maximum atomic E-state index is 12.1. The van der Waals surface area contributed by atoms with E-state index in [9.17, 15) is 9.90 Å². The van der Waals surface area contributed by atoms with Crippen molar-refractivity contribution in [3.05, 3.63) is 40.9 Å². The summed E-state index contributed by atoms with van der Waals surface area (Å²) in [6.07, 6.45) is 6.17. The highest BCUT2D eigenvalue weighted by molar-refractivity contribution is 5.17. The molecule has 2 aliphatic rings. The van der Waals surface area contributed by atoms with Crippen LogP contribution in [-0.4, -0.2) is 61.6 Å². The highest BCUT2D eigenvalue weighted by Crippen LogP contribution is 2.27. The number of β-amino-alcohol motifs (C(OH)–C–C–N with tert-alkyl or cyclic N) is 1. The van der Waals surface area contributed by atoms with Crippen LogP contribution < -0.4 is 5.56 Å². The Bertz CT molecular complexity index is 761. The second kappa shape index (κ2) is 6.70. The SMILES string of the molecule is O=c1ccc(-n2cccn2)nn1CC1CCN(CC2(O)CCO2)CC1. The predicted octanol–water partition coefficient (Wildman–Crippen LogP) is 0.250. The number of ether oxygens (including phenoxy) is 1. The van der Waals surface area contributed by atoms with Crippen molar-refractivity contribution in [3.63, 3.8) is 0 Å². The second-order valence-corrected chi connectivity index (χ2v) is 6.93. The minimum absolute atomic E-state index is 0.0875. The Balaban J connectivity index is 1.37. The highest BCUT2D eigenvalue weighted by atomic mass is 16.6. The van der Waals surface area contributed by atoms with Gasteiger partial charge in [0, 0.05) is 31.4 Å². The number of rotatable bonds is 5. The molecule has 1 atom stereocenters. The minimum Gasteiger partial charge on any atom is -0.364 e. The van der Waals surface area contributed by atoms with Crippen LogP contribution in [0.4, 0.5) is 0 Å². The smallest absolute Gasteiger partial charge is 0.266 e. The lowest BCUT2D eigenvalue weighted by atomic mass is 9.96. The van der Waals surface area contributed by atoms with Crippen LogP contribution in [0, 0.1) is 5.92 Å². The standard InChI is InChI=1S/C17H23N5O3/c23-16-3-2-15(21-8-1-7-18-21)19-22(16)12-14-4-9-20(10-5-14)13-17(24)6-11-25-17/h1-3,7-8,14,24H,4-6,9-13H2. The van der Waals surface area contributed by atoms with Gasteiger partial charge >= 0.3 is 0 Å². The Hall–Kier alpha value is -2.03. The van der Waals surface area contributed by atoms with Crippen molar-refractivity contribution < 1.29 is 9.84 Å². The molecule has 0 bridgehead atoms. The fraction of sp³-hybridized carbons (Fsp3) is 0.588. The number of hydrogen-bond acceptors (Lipinski definition) is 6. The summed E-state index contributed by atoms with van der Waals surface area (Å²) in [6.45, 7) is 3.65. The molecule has 0 radical (unpaired) electrons. The van der Waals surface area contributed by atoms with Crippen LogP contribution in [0.2, 0.25) is 0 Å². The van der Waals surface area contributed by atoms with Crippen molar-refractivity contribution >= 4 is 0 Å². The quantitative estimate of drug-likeness (QED) is 0.836. The van der Waals surface area contributed by atoms with Gasteiger partial charge in [-0.3, -0.25) is 9.69 Å². The van der Waals surface area contributed by atoms with E-state index in [1.165, 1.54) is 0 Å². The number of hydrogen-bond donors (Lipinski definition) is 1. The predicted molar refractivity (Wildman–Crippen MR) is 90.3 cm³/mol. The molecule has 4 rings (SSSR count). The number of piperidine rings is 1. The van der Waals surface area contributed by atoms with Crippen LogP contribution >= 0.6 is 0 Å². The molecule has 0 amide bonds. The molecule has 1 N–H and O–H groups in total. The lowest BCUT2D eigenvalue weighted by Crippen LogP contribution is -2.54. The minimum atomic E-state index is -0.941. The maximum Gasteiger partial charge on any atom is 0.266 e. The van der Waals surface area contributed by atoms with E-state index in [4.69, 9.17) is 4.74 Å². The third-order valence-corrected chi connectivity index (χ3v) is 5.06. The molecule has 4 heterocycles. The number of aliphatic hydroxyl groups is 1. The van der Waals surface area contributed by atoms with Crippen LogP contribution in [0.1, 0.15) is 19.3 Å². The van der Waals surface area contributed by atoms with E-state index in [1.807, 2.05) is 12.3 Å². The molecular weight excluding hydrogens is 322 g/mol. The first-order valence-electron chi connectivity index (χ1n) is 8.78. The molecule has 2 aromatic heterocycles. The summed E-state index contributed by atoms with van der Waals surface area (Å²) < 4.78 is 8.45. The van der Waals surface area contributed by atoms with E-state index in [0.717, 1.165) is 25.9 Å². The Morgan fingerprint density at radius 1 is 1.32 bits per heavy atom. The van der Waals surface area contributed by atoms with E-state index >= 15 is 0 Å². The molecule has 1 unspecified atom stereocenters. The first-order valence-corrected chi connectivity index (χ1v) is 8.78. The Morgan fingerprint density at radius 3 is 2.76 bits per heavy atom. The van der Waals surface area contributed by atoms with E-state index in [2.05, 4.69) is 15.1 Å². The average molecular weight is 345 g/mol. The lowest BCUT2D eigenvalue weighted by molar-refractivity contribution is -0.288. The van der Waals surface area contributed by atoms with Gasteiger partial charge in [0.25, 0.3) is 5.56 Å². The van der Waals surface area contributed by atoms with E-state index in [-0.39, 0.29) is 5.56 Å². The molecule has 2 aliphatic heterocycles. The number of aromatic nitrogens is 4. The molecule has 8 nitrogen and oxygen atoms in total. The van der Waals surface area contributed by atoms with Crippen molar-refractivity contribution in [1.82, 2.24) is 24.5 Å². The van der Waals surface area contributed by atoms with Crippen LogP contribution in [0.25, 0.3) is 5.82 Å². The molecule has 2 saturated heterocycles. The summed E-state index contributed by atoms with van der Waals surface area (Å²) in [7, 11) is 0. The van der Waals surface area contributed by atoms with Gasteiger partial charge in [0.2, 0.25) is 0 Å². The summed E-state index contributed by atoms with van der Waals surface area (Å²) in [5.41, 5.74) is -0.0875. The first kappa shape index (κ1) is 16.4. The molecule has 0 saturated carbocycles. The van der Waals surface area contributed by atoms with Gasteiger partial charge in [-0.25, -0.2) is 9.36 Å². The van der Waals surface area contributed by atoms with Crippen LogP contribution in [0.15, 0.2) is 35.4 Å². The van der Waals surface area contributed by atoms with Crippen LogP contribution in [0.5, 0.6) is 0 Å². The maximum absolute atomic E-state index is 12.1. The molecule has 2 aromatic rings. The summed E-state index contributed by atoms with van der Waals surface area (Å²) in [6, 6.07) is 5.06. The average Bonchev–Trinajstić information content (AvgIpc) is 3.12. The van der Waals surface area contributed by atoms with Crippen molar-refractivity contribution in [3.8, 4) is 5.82 Å². The second-order valence-electron chi connectivity index (χ2n) is 6.93. The molecule has 8 heteroatoms. The zero-order valence-electron chi connectivity index (χ0n) is 14.1. The van der Waals surface area contributed by atoms with Gasteiger partial charge in [-0.15, -0.1) is 5.10 Å². The molecular formula is C17H23N5O3. The Morgan fingerprint density at radius 2 is 2.12 bits per heavy atom. The van der Waals surface area contributed by atoms with E-state index in [1.54, 1.807) is 27.7 Å². The summed E-state index contributed by atoms with van der Waals surface area (Å²) in [5.74, 6) is 0.112. The van der Waals surface area contributed by atoms with Gasteiger partial charge in [0.05, 0.1) is 13.2 Å². The van der Waals surface area contributed by atoms with Crippen molar-refractivity contribution in [2.75, 3.05) is 26.2 Å². The third kappa shape index (κ3) is 3.65.